The number of nitrogens with zero attached hydrogens (tertiary/aromatic N) is 1. The highest BCUT2D eigenvalue weighted by molar-refractivity contribution is 7.71. The topological polar surface area (TPSA) is 29.9 Å². The van der Waals surface area contributed by atoms with E-state index in [9.17, 15) is 0 Å². The molecule has 2 aromatic rings. The molecule has 1 aromatic heterocycles. The molecule has 0 saturated carbocycles. The van der Waals surface area contributed by atoms with Crippen LogP contribution in [0.15, 0.2) is 30.9 Å². The Balaban J connectivity index is 2.67. The molecule has 4 heteroatoms. The van der Waals surface area contributed by atoms with Gasteiger partial charge in [0, 0.05) is 6.54 Å². The third-order valence-electron chi connectivity index (χ3n) is 2.38. The highest BCUT2D eigenvalue weighted by Gasteiger charge is 2.07. The molecule has 84 valence electrons. The van der Waals surface area contributed by atoms with Crippen molar-refractivity contribution >= 4 is 23.3 Å². The molecule has 0 radical (unpaired) electrons. The van der Waals surface area contributed by atoms with E-state index in [1.54, 1.807) is 0 Å². The van der Waals surface area contributed by atoms with E-state index in [0.717, 1.165) is 16.8 Å². The maximum atomic E-state index is 5.55. The molecule has 2 rings (SSSR count). The van der Waals surface area contributed by atoms with Crippen molar-refractivity contribution in [1.82, 2.24) is 9.55 Å². The lowest BCUT2D eigenvalue weighted by Crippen LogP contribution is -1.95. The van der Waals surface area contributed by atoms with Gasteiger partial charge >= 0.3 is 0 Å². The first kappa shape index (κ1) is 11.0. The quantitative estimate of drug-likeness (QED) is 0.650. The van der Waals surface area contributed by atoms with Gasteiger partial charge in [-0.3, -0.25) is 0 Å². The highest BCUT2D eigenvalue weighted by Crippen LogP contribution is 2.24. The number of para-hydroxylation sites is 1. The second-order valence-electron chi connectivity index (χ2n) is 3.41. The fraction of sp³-hybridized carbons (Fsp3) is 0.250. The first-order chi connectivity index (χ1) is 7.77. The van der Waals surface area contributed by atoms with Crippen LogP contribution in [0.2, 0.25) is 0 Å². The van der Waals surface area contributed by atoms with E-state index in [1.165, 1.54) is 0 Å². The second kappa shape index (κ2) is 4.53. The number of hydrogen-bond acceptors (Lipinski definition) is 2. The molecule has 16 heavy (non-hydrogen) atoms. The van der Waals surface area contributed by atoms with Gasteiger partial charge in [0.25, 0.3) is 0 Å². The molecule has 0 aliphatic heterocycles. The molecule has 1 heterocycles. The zero-order valence-corrected chi connectivity index (χ0v) is 10.0. The summed E-state index contributed by atoms with van der Waals surface area (Å²) in [6.07, 6.45) is 1.83. The lowest BCUT2D eigenvalue weighted by atomic mass is 10.3. The molecule has 0 spiro atoms. The van der Waals surface area contributed by atoms with Crippen molar-refractivity contribution in [1.29, 1.82) is 0 Å². The Kier molecular flexibility index (Phi) is 3.10. The predicted molar refractivity (Wildman–Crippen MR) is 68.5 cm³/mol. The number of imidazole rings is 1. The molecule has 0 unspecified atom stereocenters. The minimum atomic E-state index is 0.645. The number of aromatic nitrogens is 2. The molecule has 0 bridgehead atoms. The summed E-state index contributed by atoms with van der Waals surface area (Å²) in [5, 5.41) is 0. The zero-order valence-electron chi connectivity index (χ0n) is 9.19. The van der Waals surface area contributed by atoms with E-state index >= 15 is 0 Å². The lowest BCUT2D eigenvalue weighted by Gasteiger charge is -2.04. The van der Waals surface area contributed by atoms with Crippen molar-refractivity contribution in [2.24, 2.45) is 0 Å². The highest BCUT2D eigenvalue weighted by atomic mass is 32.1. The van der Waals surface area contributed by atoms with Gasteiger partial charge in [0.1, 0.15) is 11.3 Å². The van der Waals surface area contributed by atoms with Crippen LogP contribution in [0.5, 0.6) is 5.75 Å². The number of fused-ring (bicyclic) bond motifs is 1. The number of benzene rings is 1. The van der Waals surface area contributed by atoms with Crippen molar-refractivity contribution < 1.29 is 4.74 Å². The third-order valence-corrected chi connectivity index (χ3v) is 2.71. The predicted octanol–water partition coefficient (Wildman–Crippen LogP) is 3.28. The molecule has 3 nitrogen and oxygen atoms in total. The van der Waals surface area contributed by atoms with Gasteiger partial charge in [0.2, 0.25) is 0 Å². The molecule has 0 atom stereocenters. The van der Waals surface area contributed by atoms with E-state index in [0.29, 0.717) is 17.9 Å². The molecule has 1 aromatic carbocycles. The zero-order chi connectivity index (χ0) is 11.5. The number of aromatic amines is 1. The summed E-state index contributed by atoms with van der Waals surface area (Å²) in [6, 6.07) is 5.93. The van der Waals surface area contributed by atoms with Crippen molar-refractivity contribution in [2.45, 2.75) is 13.5 Å². The maximum absolute atomic E-state index is 5.55. The van der Waals surface area contributed by atoms with E-state index < -0.39 is 0 Å². The van der Waals surface area contributed by atoms with Gasteiger partial charge in [-0.2, -0.15) is 0 Å². The van der Waals surface area contributed by atoms with Crippen LogP contribution in [0, 0.1) is 4.77 Å². The number of hydrogen-bond donors (Lipinski definition) is 1. The standard InChI is InChI=1S/C12H14N2OS/c1-3-8-14-9-6-5-7-10(15-4-2)11(9)13-12(14)16/h3,5-7H,1,4,8H2,2H3,(H,13,16). The van der Waals surface area contributed by atoms with Crippen LogP contribution >= 0.6 is 12.2 Å². The van der Waals surface area contributed by atoms with E-state index in [1.807, 2.05) is 35.8 Å². The summed E-state index contributed by atoms with van der Waals surface area (Å²) in [5.74, 6) is 0.842. The van der Waals surface area contributed by atoms with E-state index in [-0.39, 0.29) is 0 Å². The second-order valence-corrected chi connectivity index (χ2v) is 3.80. The lowest BCUT2D eigenvalue weighted by molar-refractivity contribution is 0.343. The van der Waals surface area contributed by atoms with Crippen LogP contribution < -0.4 is 4.74 Å². The van der Waals surface area contributed by atoms with Gasteiger partial charge in [-0.05, 0) is 31.3 Å². The monoisotopic (exact) mass is 234 g/mol. The van der Waals surface area contributed by atoms with Gasteiger partial charge in [-0.15, -0.1) is 6.58 Å². The normalized spacial score (nSPS) is 10.6. The van der Waals surface area contributed by atoms with Crippen LogP contribution in [0.25, 0.3) is 11.0 Å². The molecule has 0 aliphatic rings. The number of allylic oxidation sites excluding steroid dienone is 1. The largest absolute Gasteiger partial charge is 0.492 e. The summed E-state index contributed by atoms with van der Waals surface area (Å²) in [6.45, 7) is 7.04. The van der Waals surface area contributed by atoms with Crippen LogP contribution in [0.4, 0.5) is 0 Å². The Labute approximate surface area is 99.4 Å². The number of rotatable bonds is 4. The summed E-state index contributed by atoms with van der Waals surface area (Å²) >= 11 is 5.27. The first-order valence-electron chi connectivity index (χ1n) is 5.23. The molecule has 0 aliphatic carbocycles. The number of ether oxygens (including phenoxy) is 1. The van der Waals surface area contributed by atoms with Crippen LogP contribution in [-0.4, -0.2) is 16.2 Å². The molecule has 0 saturated heterocycles. The number of H-pyrrole nitrogens is 1. The smallest absolute Gasteiger partial charge is 0.178 e. The van der Waals surface area contributed by atoms with E-state index in [2.05, 4.69) is 11.6 Å². The Morgan fingerprint density at radius 2 is 2.38 bits per heavy atom. The Morgan fingerprint density at radius 1 is 1.56 bits per heavy atom. The van der Waals surface area contributed by atoms with Crippen LogP contribution in [0.1, 0.15) is 6.92 Å². The SMILES string of the molecule is C=CCn1c(=S)[nH]c2c(OCC)cccc21. The Bertz CT molecular complexity index is 568. The summed E-state index contributed by atoms with van der Waals surface area (Å²) < 4.78 is 8.25. The molecular weight excluding hydrogens is 220 g/mol. The van der Waals surface area contributed by atoms with Crippen LogP contribution in [-0.2, 0) is 6.54 Å². The molecule has 0 fully saturated rings. The molecule has 0 amide bonds. The summed E-state index contributed by atoms with van der Waals surface area (Å²) in [4.78, 5) is 3.17. The number of nitrogens with one attached hydrogen (secondary N) is 1. The molecular formula is C12H14N2OS. The molecule has 1 N–H and O–H groups in total. The maximum Gasteiger partial charge on any atom is 0.178 e. The van der Waals surface area contributed by atoms with Crippen molar-refractivity contribution in [3.8, 4) is 5.75 Å². The average Bonchev–Trinajstić information content (AvgIpc) is 2.59. The summed E-state index contributed by atoms with van der Waals surface area (Å²) in [7, 11) is 0. The Morgan fingerprint density at radius 3 is 3.06 bits per heavy atom. The van der Waals surface area contributed by atoms with Crippen molar-refractivity contribution in [2.75, 3.05) is 6.61 Å². The van der Waals surface area contributed by atoms with Crippen LogP contribution in [0.3, 0.4) is 0 Å². The van der Waals surface area contributed by atoms with Gasteiger partial charge in [0.05, 0.1) is 12.1 Å². The summed E-state index contributed by atoms with van der Waals surface area (Å²) in [5.41, 5.74) is 2.01. The average molecular weight is 234 g/mol. The minimum absolute atomic E-state index is 0.645. The van der Waals surface area contributed by atoms with Gasteiger partial charge in [-0.25, -0.2) is 0 Å². The van der Waals surface area contributed by atoms with Gasteiger partial charge < -0.3 is 14.3 Å². The van der Waals surface area contributed by atoms with Crippen molar-refractivity contribution in [3.05, 3.63) is 35.6 Å². The fourth-order valence-electron chi connectivity index (χ4n) is 1.74. The van der Waals surface area contributed by atoms with Gasteiger partial charge in [0.15, 0.2) is 4.77 Å². The van der Waals surface area contributed by atoms with Gasteiger partial charge in [-0.1, -0.05) is 12.1 Å². The third kappa shape index (κ3) is 1.76. The first-order valence-corrected chi connectivity index (χ1v) is 5.64. The minimum Gasteiger partial charge on any atom is -0.492 e. The van der Waals surface area contributed by atoms with E-state index in [4.69, 9.17) is 17.0 Å². The van der Waals surface area contributed by atoms with Crippen molar-refractivity contribution in [3.63, 3.8) is 0 Å². The Hall–Kier alpha value is -1.55. The fourth-order valence-corrected chi connectivity index (χ4v) is 2.02.